The SMILES string of the molecule is CN=C(NCCc1ccc(Cl)nc1)NCC1CCN(C2CC2)C1.I. The molecule has 1 saturated carbocycles. The minimum absolute atomic E-state index is 0. The highest BCUT2D eigenvalue weighted by Gasteiger charge is 2.34. The van der Waals surface area contributed by atoms with Crippen LogP contribution < -0.4 is 10.6 Å². The third-order valence-electron chi connectivity index (χ3n) is 4.66. The van der Waals surface area contributed by atoms with Gasteiger partial charge in [0.15, 0.2) is 5.96 Å². The average molecular weight is 464 g/mol. The summed E-state index contributed by atoms with van der Waals surface area (Å²) >= 11 is 5.80. The van der Waals surface area contributed by atoms with Crippen LogP contribution in [0.4, 0.5) is 0 Å². The van der Waals surface area contributed by atoms with Crippen LogP contribution in [0.1, 0.15) is 24.8 Å². The highest BCUT2D eigenvalue weighted by Crippen LogP contribution is 2.31. The van der Waals surface area contributed by atoms with Crippen LogP contribution in [0, 0.1) is 5.92 Å². The van der Waals surface area contributed by atoms with Gasteiger partial charge in [0.2, 0.25) is 0 Å². The van der Waals surface area contributed by atoms with Crippen molar-refractivity contribution in [1.29, 1.82) is 0 Å². The molecule has 0 amide bonds. The second-order valence-corrected chi connectivity index (χ2v) is 6.89. The molecule has 1 aromatic rings. The van der Waals surface area contributed by atoms with E-state index in [4.69, 9.17) is 11.6 Å². The van der Waals surface area contributed by atoms with Gasteiger partial charge in [0.1, 0.15) is 5.15 Å². The third kappa shape index (κ3) is 6.04. The Labute approximate surface area is 166 Å². The molecule has 7 heteroatoms. The summed E-state index contributed by atoms with van der Waals surface area (Å²) in [5.74, 6) is 1.63. The molecular formula is C17H27ClIN5. The molecule has 1 aliphatic heterocycles. The number of aliphatic imine (C=N–C) groups is 1. The van der Waals surface area contributed by atoms with E-state index in [0.717, 1.165) is 37.4 Å². The molecule has 0 spiro atoms. The highest BCUT2D eigenvalue weighted by atomic mass is 127. The summed E-state index contributed by atoms with van der Waals surface area (Å²) in [7, 11) is 1.82. The Morgan fingerprint density at radius 1 is 1.33 bits per heavy atom. The molecule has 2 fully saturated rings. The topological polar surface area (TPSA) is 52.6 Å². The number of aromatic nitrogens is 1. The van der Waals surface area contributed by atoms with Crippen LogP contribution in [0.3, 0.4) is 0 Å². The second-order valence-electron chi connectivity index (χ2n) is 6.50. The highest BCUT2D eigenvalue weighted by molar-refractivity contribution is 14.0. The fourth-order valence-electron chi connectivity index (χ4n) is 3.14. The van der Waals surface area contributed by atoms with E-state index in [2.05, 4.69) is 25.5 Å². The molecule has 1 unspecified atom stereocenters. The van der Waals surface area contributed by atoms with Gasteiger partial charge in [-0.2, -0.15) is 0 Å². The van der Waals surface area contributed by atoms with Gasteiger partial charge < -0.3 is 15.5 Å². The number of pyridine rings is 1. The molecule has 2 aliphatic rings. The maximum atomic E-state index is 5.80. The normalized spacial score (nSPS) is 21.4. The molecule has 0 aromatic carbocycles. The van der Waals surface area contributed by atoms with Gasteiger partial charge in [0, 0.05) is 38.9 Å². The molecule has 134 valence electrons. The summed E-state index contributed by atoms with van der Waals surface area (Å²) in [5.41, 5.74) is 1.17. The van der Waals surface area contributed by atoms with Crippen molar-refractivity contribution in [2.45, 2.75) is 31.7 Å². The van der Waals surface area contributed by atoms with Crippen molar-refractivity contribution < 1.29 is 0 Å². The van der Waals surface area contributed by atoms with Gasteiger partial charge in [-0.05, 0) is 49.8 Å². The number of hydrogen-bond acceptors (Lipinski definition) is 3. The zero-order chi connectivity index (χ0) is 16.1. The van der Waals surface area contributed by atoms with Crippen LogP contribution in [-0.2, 0) is 6.42 Å². The Kier molecular flexibility index (Phi) is 8.03. The largest absolute Gasteiger partial charge is 0.356 e. The minimum atomic E-state index is 0. The number of nitrogens with one attached hydrogen (secondary N) is 2. The molecule has 1 aromatic heterocycles. The first-order valence-electron chi connectivity index (χ1n) is 8.53. The van der Waals surface area contributed by atoms with Crippen molar-refractivity contribution in [2.75, 3.05) is 33.2 Å². The van der Waals surface area contributed by atoms with Crippen molar-refractivity contribution in [3.63, 3.8) is 0 Å². The number of guanidine groups is 1. The second kappa shape index (κ2) is 9.77. The molecule has 2 N–H and O–H groups in total. The Balaban J connectivity index is 0.00000208. The Hall–Kier alpha value is -0.600. The molecular weight excluding hydrogens is 437 g/mol. The maximum absolute atomic E-state index is 5.80. The lowest BCUT2D eigenvalue weighted by molar-refractivity contribution is 0.314. The predicted octanol–water partition coefficient (Wildman–Crippen LogP) is 2.54. The molecule has 0 bridgehead atoms. The van der Waals surface area contributed by atoms with Crippen molar-refractivity contribution in [2.24, 2.45) is 10.9 Å². The third-order valence-corrected chi connectivity index (χ3v) is 4.88. The monoisotopic (exact) mass is 463 g/mol. The van der Waals surface area contributed by atoms with Crippen molar-refractivity contribution in [3.8, 4) is 0 Å². The van der Waals surface area contributed by atoms with Crippen LogP contribution in [0.25, 0.3) is 0 Å². The van der Waals surface area contributed by atoms with Gasteiger partial charge in [0.05, 0.1) is 0 Å². The molecule has 1 aliphatic carbocycles. The molecule has 5 nitrogen and oxygen atoms in total. The average Bonchev–Trinajstić information content (AvgIpc) is 3.31. The van der Waals surface area contributed by atoms with E-state index in [1.54, 1.807) is 0 Å². The number of nitrogens with zero attached hydrogens (tertiary/aromatic N) is 3. The quantitative estimate of drug-likeness (QED) is 0.295. The van der Waals surface area contributed by atoms with Crippen LogP contribution in [0.15, 0.2) is 23.3 Å². The number of halogens is 2. The van der Waals surface area contributed by atoms with Crippen molar-refractivity contribution in [3.05, 3.63) is 29.0 Å². The molecule has 2 heterocycles. The lowest BCUT2D eigenvalue weighted by atomic mass is 10.1. The van der Waals surface area contributed by atoms with E-state index in [1.807, 2.05) is 25.4 Å². The molecule has 1 saturated heterocycles. The maximum Gasteiger partial charge on any atom is 0.190 e. The van der Waals surface area contributed by atoms with Gasteiger partial charge in [-0.1, -0.05) is 17.7 Å². The first kappa shape index (κ1) is 19.7. The molecule has 1 atom stereocenters. The fourth-order valence-corrected chi connectivity index (χ4v) is 3.25. The zero-order valence-corrected chi connectivity index (χ0v) is 17.3. The summed E-state index contributed by atoms with van der Waals surface area (Å²) in [6, 6.07) is 4.74. The molecule has 0 radical (unpaired) electrons. The summed E-state index contributed by atoms with van der Waals surface area (Å²) in [6.45, 7) is 4.35. The van der Waals surface area contributed by atoms with Gasteiger partial charge in [-0.15, -0.1) is 24.0 Å². The molecule has 24 heavy (non-hydrogen) atoms. The zero-order valence-electron chi connectivity index (χ0n) is 14.2. The predicted molar refractivity (Wildman–Crippen MR) is 110 cm³/mol. The number of hydrogen-bond donors (Lipinski definition) is 2. The fraction of sp³-hybridized carbons (Fsp3) is 0.647. The van der Waals surface area contributed by atoms with E-state index in [9.17, 15) is 0 Å². The standard InChI is InChI=1S/C17H26ClN5.HI/c1-19-17(20-8-6-13-2-5-16(18)21-10-13)22-11-14-7-9-23(12-14)15-3-4-15;/h2,5,10,14-15H,3-4,6-9,11-12H2,1H3,(H2,19,20,22);1H. The summed E-state index contributed by atoms with van der Waals surface area (Å²) in [5, 5.41) is 7.37. The van der Waals surface area contributed by atoms with Gasteiger partial charge in [-0.25, -0.2) is 4.98 Å². The number of likely N-dealkylation sites (tertiary alicyclic amines) is 1. The van der Waals surface area contributed by atoms with Gasteiger partial charge in [0.25, 0.3) is 0 Å². The van der Waals surface area contributed by atoms with Crippen LogP contribution in [0.5, 0.6) is 0 Å². The van der Waals surface area contributed by atoms with Gasteiger partial charge >= 0.3 is 0 Å². The van der Waals surface area contributed by atoms with E-state index in [1.165, 1.54) is 37.9 Å². The summed E-state index contributed by atoms with van der Waals surface area (Å²) < 4.78 is 0. The van der Waals surface area contributed by atoms with E-state index < -0.39 is 0 Å². The lowest BCUT2D eigenvalue weighted by Gasteiger charge is -2.17. The Bertz CT molecular complexity index is 532. The number of rotatable bonds is 6. The van der Waals surface area contributed by atoms with Gasteiger partial charge in [-0.3, -0.25) is 4.99 Å². The summed E-state index contributed by atoms with van der Waals surface area (Å²) in [6.07, 6.45) is 6.84. The first-order valence-corrected chi connectivity index (χ1v) is 8.91. The van der Waals surface area contributed by atoms with Crippen LogP contribution >= 0.6 is 35.6 Å². The van der Waals surface area contributed by atoms with Crippen molar-refractivity contribution >= 4 is 41.5 Å². The Morgan fingerprint density at radius 2 is 2.17 bits per heavy atom. The minimum Gasteiger partial charge on any atom is -0.356 e. The molecule has 3 rings (SSSR count). The van der Waals surface area contributed by atoms with Crippen LogP contribution in [0.2, 0.25) is 5.15 Å². The van der Waals surface area contributed by atoms with E-state index in [-0.39, 0.29) is 24.0 Å². The lowest BCUT2D eigenvalue weighted by Crippen LogP contribution is -2.41. The summed E-state index contributed by atoms with van der Waals surface area (Å²) in [4.78, 5) is 11.1. The smallest absolute Gasteiger partial charge is 0.190 e. The Morgan fingerprint density at radius 3 is 2.83 bits per heavy atom. The van der Waals surface area contributed by atoms with Crippen LogP contribution in [-0.4, -0.2) is 55.1 Å². The van der Waals surface area contributed by atoms with E-state index in [0.29, 0.717) is 5.15 Å². The van der Waals surface area contributed by atoms with Crippen molar-refractivity contribution in [1.82, 2.24) is 20.5 Å². The van der Waals surface area contributed by atoms with E-state index >= 15 is 0 Å². The first-order chi connectivity index (χ1) is 11.2.